The fourth-order valence-electron chi connectivity index (χ4n) is 1.67. The van der Waals surface area contributed by atoms with Crippen LogP contribution in [-0.2, 0) is 23.1 Å². The standard InChI is InChI=1S/C12H16N4O2S/c1-9-2-3-12(4-10(9)5-13)19(17,18)16-7-11-6-14-8-15-11/h2-4,6,8,16H,5,7,13H2,1H3,(H,14,15). The van der Waals surface area contributed by atoms with Crippen LogP contribution in [0, 0.1) is 6.92 Å². The zero-order chi connectivity index (χ0) is 13.9. The molecular weight excluding hydrogens is 264 g/mol. The van der Waals surface area contributed by atoms with Crippen molar-refractivity contribution in [2.24, 2.45) is 5.73 Å². The maximum Gasteiger partial charge on any atom is 0.240 e. The van der Waals surface area contributed by atoms with E-state index in [0.29, 0.717) is 12.2 Å². The Balaban J connectivity index is 2.19. The summed E-state index contributed by atoms with van der Waals surface area (Å²) in [5.74, 6) is 0. The summed E-state index contributed by atoms with van der Waals surface area (Å²) in [6, 6.07) is 4.93. The van der Waals surface area contributed by atoms with Crippen LogP contribution in [-0.4, -0.2) is 18.4 Å². The summed E-state index contributed by atoms with van der Waals surface area (Å²) < 4.78 is 26.7. The van der Waals surface area contributed by atoms with E-state index >= 15 is 0 Å². The van der Waals surface area contributed by atoms with Crippen LogP contribution in [0.1, 0.15) is 16.8 Å². The van der Waals surface area contributed by atoms with Crippen molar-refractivity contribution in [1.29, 1.82) is 0 Å². The highest BCUT2D eigenvalue weighted by atomic mass is 32.2. The Morgan fingerprint density at radius 2 is 2.21 bits per heavy atom. The molecule has 1 aromatic heterocycles. The molecule has 1 heterocycles. The van der Waals surface area contributed by atoms with Crippen LogP contribution in [0.25, 0.3) is 0 Å². The number of imidazole rings is 1. The van der Waals surface area contributed by atoms with Crippen molar-refractivity contribution in [3.05, 3.63) is 47.5 Å². The van der Waals surface area contributed by atoms with Crippen molar-refractivity contribution in [2.75, 3.05) is 0 Å². The lowest BCUT2D eigenvalue weighted by molar-refractivity contribution is 0.580. The minimum atomic E-state index is -3.54. The lowest BCUT2D eigenvalue weighted by Gasteiger charge is -2.09. The normalized spacial score (nSPS) is 11.7. The second-order valence-corrected chi connectivity index (χ2v) is 5.96. The third kappa shape index (κ3) is 3.19. The predicted octanol–water partition coefficient (Wildman–Crippen LogP) is 0.655. The fourth-order valence-corrected chi connectivity index (χ4v) is 2.73. The summed E-state index contributed by atoms with van der Waals surface area (Å²) >= 11 is 0. The first kappa shape index (κ1) is 13.7. The molecule has 0 fully saturated rings. The topological polar surface area (TPSA) is 101 Å². The molecule has 4 N–H and O–H groups in total. The van der Waals surface area contributed by atoms with E-state index in [1.165, 1.54) is 6.33 Å². The molecule has 2 aromatic rings. The highest BCUT2D eigenvalue weighted by Crippen LogP contribution is 2.15. The molecule has 0 saturated heterocycles. The predicted molar refractivity (Wildman–Crippen MR) is 71.7 cm³/mol. The number of nitrogens with zero attached hydrogens (tertiary/aromatic N) is 1. The summed E-state index contributed by atoms with van der Waals surface area (Å²) in [7, 11) is -3.54. The van der Waals surface area contributed by atoms with Gasteiger partial charge >= 0.3 is 0 Å². The van der Waals surface area contributed by atoms with Crippen LogP contribution in [0.15, 0.2) is 35.6 Å². The van der Waals surface area contributed by atoms with E-state index < -0.39 is 10.0 Å². The zero-order valence-electron chi connectivity index (χ0n) is 10.6. The number of aromatic nitrogens is 2. The minimum absolute atomic E-state index is 0.175. The second kappa shape index (κ2) is 5.52. The number of H-pyrrole nitrogens is 1. The van der Waals surface area contributed by atoms with Crippen LogP contribution in [0.2, 0.25) is 0 Å². The van der Waals surface area contributed by atoms with Gasteiger partial charge in [-0.1, -0.05) is 6.07 Å². The molecule has 0 aliphatic carbocycles. The number of hydrogen-bond donors (Lipinski definition) is 3. The Morgan fingerprint density at radius 3 is 2.84 bits per heavy atom. The van der Waals surface area contributed by atoms with E-state index in [1.807, 2.05) is 6.92 Å². The highest BCUT2D eigenvalue weighted by Gasteiger charge is 2.15. The number of aromatic amines is 1. The molecule has 0 aliphatic heterocycles. The molecule has 0 atom stereocenters. The molecule has 0 saturated carbocycles. The largest absolute Gasteiger partial charge is 0.347 e. The van der Waals surface area contributed by atoms with Crippen molar-refractivity contribution in [1.82, 2.24) is 14.7 Å². The third-order valence-electron chi connectivity index (χ3n) is 2.86. The molecule has 0 spiro atoms. The number of benzene rings is 1. The first-order valence-corrected chi connectivity index (χ1v) is 7.28. The molecule has 0 unspecified atom stereocenters. The average molecular weight is 280 g/mol. The van der Waals surface area contributed by atoms with Crippen LogP contribution in [0.3, 0.4) is 0 Å². The van der Waals surface area contributed by atoms with Gasteiger partial charge in [0.25, 0.3) is 0 Å². The van der Waals surface area contributed by atoms with Gasteiger partial charge in [-0.25, -0.2) is 18.1 Å². The fraction of sp³-hybridized carbons (Fsp3) is 0.250. The smallest absolute Gasteiger partial charge is 0.240 e. The first-order valence-electron chi connectivity index (χ1n) is 5.79. The molecule has 0 amide bonds. The quantitative estimate of drug-likeness (QED) is 0.748. The van der Waals surface area contributed by atoms with E-state index in [1.54, 1.807) is 24.4 Å². The lowest BCUT2D eigenvalue weighted by Crippen LogP contribution is -2.23. The first-order chi connectivity index (χ1) is 9.03. The number of rotatable bonds is 5. The molecule has 0 aliphatic rings. The SMILES string of the molecule is Cc1ccc(S(=O)(=O)NCc2cnc[nH]2)cc1CN. The molecular formula is C12H16N4O2S. The molecule has 102 valence electrons. The summed E-state index contributed by atoms with van der Waals surface area (Å²) in [6.45, 7) is 2.39. The van der Waals surface area contributed by atoms with Gasteiger partial charge in [0, 0.05) is 18.4 Å². The summed E-state index contributed by atoms with van der Waals surface area (Å²) in [5.41, 5.74) is 8.09. The van der Waals surface area contributed by atoms with Crippen molar-refractivity contribution in [3.63, 3.8) is 0 Å². The Hall–Kier alpha value is -1.70. The summed E-state index contributed by atoms with van der Waals surface area (Å²) in [5, 5.41) is 0. The molecule has 19 heavy (non-hydrogen) atoms. The zero-order valence-corrected chi connectivity index (χ0v) is 11.4. The number of nitrogens with two attached hydrogens (primary N) is 1. The summed E-state index contributed by atoms with van der Waals surface area (Å²) in [4.78, 5) is 6.88. The van der Waals surface area contributed by atoms with E-state index in [0.717, 1.165) is 11.1 Å². The number of aryl methyl sites for hydroxylation is 1. The Labute approximate surface area is 112 Å². The molecule has 6 nitrogen and oxygen atoms in total. The average Bonchev–Trinajstić information content (AvgIpc) is 2.90. The van der Waals surface area contributed by atoms with E-state index in [9.17, 15) is 8.42 Å². The van der Waals surface area contributed by atoms with Crippen molar-refractivity contribution >= 4 is 10.0 Å². The van der Waals surface area contributed by atoms with Gasteiger partial charge in [0.2, 0.25) is 10.0 Å². The lowest BCUT2D eigenvalue weighted by atomic mass is 10.1. The van der Waals surface area contributed by atoms with Gasteiger partial charge in [0.15, 0.2) is 0 Å². The van der Waals surface area contributed by atoms with Crippen molar-refractivity contribution < 1.29 is 8.42 Å². The van der Waals surface area contributed by atoms with Gasteiger partial charge < -0.3 is 10.7 Å². The van der Waals surface area contributed by atoms with Gasteiger partial charge in [-0.2, -0.15) is 0 Å². The minimum Gasteiger partial charge on any atom is -0.347 e. The monoisotopic (exact) mass is 280 g/mol. The van der Waals surface area contributed by atoms with Gasteiger partial charge in [-0.15, -0.1) is 0 Å². The Kier molecular flexibility index (Phi) is 3.98. The number of nitrogens with one attached hydrogen (secondary N) is 2. The van der Waals surface area contributed by atoms with Crippen LogP contribution in [0.4, 0.5) is 0 Å². The second-order valence-electron chi connectivity index (χ2n) is 4.19. The maximum atomic E-state index is 12.1. The molecule has 1 aromatic carbocycles. The van der Waals surface area contributed by atoms with Crippen molar-refractivity contribution in [3.8, 4) is 0 Å². The van der Waals surface area contributed by atoms with Gasteiger partial charge in [-0.3, -0.25) is 0 Å². The van der Waals surface area contributed by atoms with Crippen molar-refractivity contribution in [2.45, 2.75) is 24.9 Å². The van der Waals surface area contributed by atoms with Gasteiger partial charge in [-0.05, 0) is 30.2 Å². The van der Waals surface area contributed by atoms with E-state index in [2.05, 4.69) is 14.7 Å². The van der Waals surface area contributed by atoms with Crippen LogP contribution < -0.4 is 10.5 Å². The van der Waals surface area contributed by atoms with Crippen LogP contribution in [0.5, 0.6) is 0 Å². The molecule has 0 bridgehead atoms. The molecule has 0 radical (unpaired) electrons. The van der Waals surface area contributed by atoms with Crippen LogP contribution >= 0.6 is 0 Å². The van der Waals surface area contributed by atoms with E-state index in [-0.39, 0.29) is 11.4 Å². The highest BCUT2D eigenvalue weighted by molar-refractivity contribution is 7.89. The van der Waals surface area contributed by atoms with Gasteiger partial charge in [0.05, 0.1) is 17.8 Å². The van der Waals surface area contributed by atoms with Gasteiger partial charge in [0.1, 0.15) is 0 Å². The third-order valence-corrected chi connectivity index (χ3v) is 4.26. The molecule has 2 rings (SSSR count). The summed E-state index contributed by atoms with van der Waals surface area (Å²) in [6.07, 6.45) is 3.07. The maximum absolute atomic E-state index is 12.1. The Morgan fingerprint density at radius 1 is 1.42 bits per heavy atom. The number of hydrogen-bond acceptors (Lipinski definition) is 4. The van der Waals surface area contributed by atoms with E-state index in [4.69, 9.17) is 5.73 Å². The Bertz CT molecular complexity index is 650. The molecule has 7 heteroatoms. The number of sulfonamides is 1.